The summed E-state index contributed by atoms with van der Waals surface area (Å²) in [5, 5.41) is 15.4. The van der Waals surface area contributed by atoms with Crippen LogP contribution in [0.25, 0.3) is 10.8 Å². The molecule has 0 fully saturated rings. The first-order valence-electron chi connectivity index (χ1n) is 10.3. The van der Waals surface area contributed by atoms with E-state index in [1.54, 1.807) is 0 Å². The number of nitrogens with one attached hydrogen (secondary N) is 1. The molecule has 2 heterocycles. The summed E-state index contributed by atoms with van der Waals surface area (Å²) in [5.74, 6) is -0.173. The maximum absolute atomic E-state index is 13.1. The summed E-state index contributed by atoms with van der Waals surface area (Å²) >= 11 is 1.53. The molecule has 0 unspecified atom stereocenters. The quantitative estimate of drug-likeness (QED) is 0.407. The highest BCUT2D eigenvalue weighted by atomic mass is 35.5. The molecule has 160 valence electrons. The molecule has 0 saturated carbocycles. The number of fused-ring (bicyclic) bond motifs is 2. The zero-order valence-electron chi connectivity index (χ0n) is 17.4. The second-order valence-electron chi connectivity index (χ2n) is 7.75. The Balaban J connectivity index is 0.00000245. The van der Waals surface area contributed by atoms with E-state index in [1.165, 1.54) is 21.8 Å². The molecule has 5 rings (SSSR count). The second kappa shape index (κ2) is 9.54. The zero-order chi connectivity index (χ0) is 21.2. The van der Waals surface area contributed by atoms with Gasteiger partial charge in [0.1, 0.15) is 11.1 Å². The molecule has 6 heteroatoms. The van der Waals surface area contributed by atoms with Crippen molar-refractivity contribution in [3.8, 4) is 6.07 Å². The Morgan fingerprint density at radius 3 is 2.59 bits per heavy atom. The van der Waals surface area contributed by atoms with Crippen LogP contribution >= 0.6 is 23.7 Å². The van der Waals surface area contributed by atoms with Crippen molar-refractivity contribution in [2.24, 2.45) is 0 Å². The molecule has 1 amide bonds. The van der Waals surface area contributed by atoms with E-state index in [2.05, 4.69) is 40.6 Å². The lowest BCUT2D eigenvalue weighted by Gasteiger charge is -2.26. The maximum Gasteiger partial charge on any atom is 0.256 e. The summed E-state index contributed by atoms with van der Waals surface area (Å²) < 4.78 is 0. The van der Waals surface area contributed by atoms with Gasteiger partial charge in [-0.05, 0) is 34.4 Å². The van der Waals surface area contributed by atoms with Crippen LogP contribution in [-0.4, -0.2) is 17.4 Å². The first kappa shape index (κ1) is 22.0. The van der Waals surface area contributed by atoms with Crippen LogP contribution in [0.3, 0.4) is 0 Å². The molecule has 1 aliphatic heterocycles. The van der Waals surface area contributed by atoms with E-state index in [1.807, 2.05) is 48.5 Å². The van der Waals surface area contributed by atoms with Crippen LogP contribution in [0.1, 0.15) is 31.9 Å². The van der Waals surface area contributed by atoms with Gasteiger partial charge in [-0.2, -0.15) is 5.26 Å². The summed E-state index contributed by atoms with van der Waals surface area (Å²) in [5.41, 5.74) is 3.62. The second-order valence-corrected chi connectivity index (χ2v) is 8.85. The van der Waals surface area contributed by atoms with Gasteiger partial charge in [0.25, 0.3) is 5.91 Å². The van der Waals surface area contributed by atoms with Crippen LogP contribution in [-0.2, 0) is 19.5 Å². The predicted octanol–water partition coefficient (Wildman–Crippen LogP) is 6.01. The normalized spacial score (nSPS) is 13.1. The molecule has 32 heavy (non-hydrogen) atoms. The number of amides is 1. The van der Waals surface area contributed by atoms with Crippen molar-refractivity contribution >= 4 is 45.4 Å². The molecule has 0 aliphatic carbocycles. The number of thiophene rings is 1. The molecule has 0 saturated heterocycles. The predicted molar refractivity (Wildman–Crippen MR) is 132 cm³/mol. The Bertz CT molecular complexity index is 1300. The molecule has 0 spiro atoms. The van der Waals surface area contributed by atoms with Crippen LogP contribution in [0.2, 0.25) is 0 Å². The SMILES string of the molecule is Cl.N#Cc1c(NC(=O)c2cccc3ccccc23)sc2c1CCN(Cc1ccccc1)C2. The van der Waals surface area contributed by atoms with Crippen LogP contribution in [0, 0.1) is 11.3 Å². The molecule has 3 aromatic carbocycles. The Morgan fingerprint density at radius 1 is 1.03 bits per heavy atom. The van der Waals surface area contributed by atoms with Gasteiger partial charge in [-0.25, -0.2) is 0 Å². The first-order valence-corrected chi connectivity index (χ1v) is 11.1. The van der Waals surface area contributed by atoms with E-state index >= 15 is 0 Å². The molecule has 0 radical (unpaired) electrons. The van der Waals surface area contributed by atoms with Gasteiger partial charge in [-0.3, -0.25) is 9.69 Å². The van der Waals surface area contributed by atoms with Crippen LogP contribution < -0.4 is 5.32 Å². The Kier molecular flexibility index (Phi) is 6.57. The largest absolute Gasteiger partial charge is 0.312 e. The number of carbonyl (C=O) groups excluding carboxylic acids is 1. The van der Waals surface area contributed by atoms with E-state index in [0.717, 1.165) is 42.4 Å². The van der Waals surface area contributed by atoms with Crippen molar-refractivity contribution in [1.82, 2.24) is 4.90 Å². The third-order valence-electron chi connectivity index (χ3n) is 5.76. The van der Waals surface area contributed by atoms with E-state index < -0.39 is 0 Å². The van der Waals surface area contributed by atoms with E-state index in [9.17, 15) is 10.1 Å². The third kappa shape index (κ3) is 4.26. The van der Waals surface area contributed by atoms with E-state index in [0.29, 0.717) is 16.1 Å². The summed E-state index contributed by atoms with van der Waals surface area (Å²) in [6.45, 7) is 2.59. The topological polar surface area (TPSA) is 56.1 Å². The van der Waals surface area contributed by atoms with Crippen molar-refractivity contribution in [1.29, 1.82) is 5.26 Å². The average molecular weight is 460 g/mol. The van der Waals surface area contributed by atoms with Gasteiger partial charge in [0.15, 0.2) is 0 Å². The number of anilines is 1. The zero-order valence-corrected chi connectivity index (χ0v) is 19.0. The van der Waals surface area contributed by atoms with Gasteiger partial charge in [0.05, 0.1) is 5.56 Å². The lowest BCUT2D eigenvalue weighted by molar-refractivity contribution is 0.102. The van der Waals surface area contributed by atoms with Gasteiger partial charge in [0.2, 0.25) is 0 Å². The molecule has 1 aliphatic rings. The Morgan fingerprint density at radius 2 is 1.78 bits per heavy atom. The molecule has 0 bridgehead atoms. The van der Waals surface area contributed by atoms with Gasteiger partial charge in [0, 0.05) is 30.1 Å². The fourth-order valence-electron chi connectivity index (χ4n) is 4.23. The number of halogens is 1. The molecule has 4 nitrogen and oxygen atoms in total. The summed E-state index contributed by atoms with van der Waals surface area (Å²) in [6.07, 6.45) is 0.825. The van der Waals surface area contributed by atoms with Gasteiger partial charge in [-0.1, -0.05) is 66.7 Å². The highest BCUT2D eigenvalue weighted by Gasteiger charge is 2.25. The van der Waals surface area contributed by atoms with Crippen LogP contribution in [0.15, 0.2) is 72.8 Å². The Labute approximate surface area is 197 Å². The van der Waals surface area contributed by atoms with Gasteiger partial charge >= 0.3 is 0 Å². The van der Waals surface area contributed by atoms with Gasteiger partial charge in [-0.15, -0.1) is 23.7 Å². The summed E-state index contributed by atoms with van der Waals surface area (Å²) in [4.78, 5) is 16.7. The van der Waals surface area contributed by atoms with E-state index in [4.69, 9.17) is 0 Å². The molecule has 0 atom stereocenters. The van der Waals surface area contributed by atoms with Crippen LogP contribution in [0.5, 0.6) is 0 Å². The van der Waals surface area contributed by atoms with E-state index in [-0.39, 0.29) is 18.3 Å². The summed E-state index contributed by atoms with van der Waals surface area (Å²) in [7, 11) is 0. The summed E-state index contributed by atoms with van der Waals surface area (Å²) in [6, 6.07) is 26.3. The van der Waals surface area contributed by atoms with Crippen molar-refractivity contribution < 1.29 is 4.79 Å². The van der Waals surface area contributed by atoms with Crippen molar-refractivity contribution in [3.63, 3.8) is 0 Å². The minimum Gasteiger partial charge on any atom is -0.312 e. The molecular formula is C26H22ClN3OS. The van der Waals surface area contributed by atoms with Crippen LogP contribution in [0.4, 0.5) is 5.00 Å². The standard InChI is InChI=1S/C26H21N3OS.ClH/c27-15-23-21-13-14-29(16-18-7-2-1-3-8-18)17-24(21)31-26(23)28-25(30)22-12-6-10-19-9-4-5-11-20(19)22;/h1-12H,13-14,16-17H2,(H,28,30);1H. The number of benzene rings is 3. The number of nitrogens with zero attached hydrogens (tertiary/aromatic N) is 2. The minimum absolute atomic E-state index is 0. The highest BCUT2D eigenvalue weighted by Crippen LogP contribution is 2.37. The minimum atomic E-state index is -0.173. The van der Waals surface area contributed by atoms with Gasteiger partial charge < -0.3 is 5.32 Å². The number of carbonyl (C=O) groups is 1. The maximum atomic E-state index is 13.1. The fourth-order valence-corrected chi connectivity index (χ4v) is 5.47. The molecular weight excluding hydrogens is 438 g/mol. The molecule has 1 N–H and O–H groups in total. The monoisotopic (exact) mass is 459 g/mol. The number of hydrogen-bond acceptors (Lipinski definition) is 4. The molecule has 4 aromatic rings. The van der Waals surface area contributed by atoms with Crippen molar-refractivity contribution in [2.75, 3.05) is 11.9 Å². The van der Waals surface area contributed by atoms with Crippen molar-refractivity contribution in [3.05, 3.63) is 99.9 Å². The first-order chi connectivity index (χ1) is 15.2. The fraction of sp³-hybridized carbons (Fsp3) is 0.154. The smallest absolute Gasteiger partial charge is 0.256 e. The lowest BCUT2D eigenvalue weighted by Crippen LogP contribution is -2.29. The third-order valence-corrected chi connectivity index (χ3v) is 6.89. The number of rotatable bonds is 4. The van der Waals surface area contributed by atoms with Crippen molar-refractivity contribution in [2.45, 2.75) is 19.5 Å². The highest BCUT2D eigenvalue weighted by molar-refractivity contribution is 7.16. The molecule has 1 aromatic heterocycles. The average Bonchev–Trinajstić information content (AvgIpc) is 3.15. The lowest BCUT2D eigenvalue weighted by atomic mass is 10.0. The Hall–Kier alpha value is -3.17. The number of nitriles is 1. The number of hydrogen-bond donors (Lipinski definition) is 1.